The summed E-state index contributed by atoms with van der Waals surface area (Å²) in [4.78, 5) is 6.73. The summed E-state index contributed by atoms with van der Waals surface area (Å²) in [5.41, 5.74) is 2.50. The molecular weight excluding hydrogens is 344 g/mol. The predicted molar refractivity (Wildman–Crippen MR) is 111 cm³/mol. The lowest BCUT2D eigenvalue weighted by Crippen LogP contribution is -2.31. The van der Waals surface area contributed by atoms with Gasteiger partial charge in [-0.05, 0) is 68.2 Å². The maximum absolute atomic E-state index is 5.42. The lowest BCUT2D eigenvalue weighted by molar-refractivity contribution is 0.415. The molecule has 1 aromatic carbocycles. The Morgan fingerprint density at radius 2 is 1.88 bits per heavy atom. The van der Waals surface area contributed by atoms with E-state index in [2.05, 4.69) is 51.7 Å². The molecule has 5 nitrogen and oxygen atoms in total. The van der Waals surface area contributed by atoms with Gasteiger partial charge in [0.05, 0.1) is 13.2 Å². The van der Waals surface area contributed by atoms with Crippen molar-refractivity contribution in [3.8, 4) is 5.75 Å². The molecule has 0 bridgehead atoms. The number of anilines is 2. The van der Waals surface area contributed by atoms with E-state index < -0.39 is 0 Å². The molecule has 0 amide bonds. The van der Waals surface area contributed by atoms with Crippen LogP contribution in [-0.2, 0) is 0 Å². The van der Waals surface area contributed by atoms with Gasteiger partial charge in [0.1, 0.15) is 0 Å². The molecule has 138 valence electrons. The van der Waals surface area contributed by atoms with Gasteiger partial charge in [0.2, 0.25) is 0 Å². The maximum atomic E-state index is 5.42. The Hall–Kier alpha value is -2.34. The largest absolute Gasteiger partial charge is 0.493 e. The Balaban J connectivity index is 1.58. The maximum Gasteiger partial charge on any atom is 0.174 e. The van der Waals surface area contributed by atoms with E-state index in [0.717, 1.165) is 13.1 Å². The van der Waals surface area contributed by atoms with Gasteiger partial charge in [-0.2, -0.15) is 0 Å². The molecule has 26 heavy (non-hydrogen) atoms. The van der Waals surface area contributed by atoms with Crippen LogP contribution in [0.25, 0.3) is 0 Å². The van der Waals surface area contributed by atoms with Crippen LogP contribution < -0.4 is 20.3 Å². The molecule has 1 aliphatic heterocycles. The molecule has 3 rings (SSSR count). The first-order valence-corrected chi connectivity index (χ1v) is 9.49. The molecule has 2 heterocycles. The first-order chi connectivity index (χ1) is 12.7. The third kappa shape index (κ3) is 4.64. The van der Waals surface area contributed by atoms with Gasteiger partial charge in [-0.25, -0.2) is 4.98 Å². The van der Waals surface area contributed by atoms with Crippen molar-refractivity contribution in [1.29, 1.82) is 0 Å². The molecule has 0 saturated carbocycles. The van der Waals surface area contributed by atoms with Gasteiger partial charge >= 0.3 is 0 Å². The minimum atomic E-state index is 0.0973. The highest BCUT2D eigenvalue weighted by molar-refractivity contribution is 7.80. The molecule has 1 saturated heterocycles. The van der Waals surface area contributed by atoms with Crippen molar-refractivity contribution >= 4 is 28.8 Å². The first-order valence-electron chi connectivity index (χ1n) is 9.09. The van der Waals surface area contributed by atoms with Crippen molar-refractivity contribution in [3.05, 3.63) is 48.2 Å². The van der Waals surface area contributed by atoms with Gasteiger partial charge in [0, 0.05) is 25.0 Å². The highest BCUT2D eigenvalue weighted by Gasteiger charge is 2.13. The van der Waals surface area contributed by atoms with Crippen molar-refractivity contribution in [2.24, 2.45) is 0 Å². The molecule has 0 radical (unpaired) electrons. The number of hydrogen-bond donors (Lipinski definition) is 2. The van der Waals surface area contributed by atoms with Crippen molar-refractivity contribution in [2.45, 2.75) is 32.2 Å². The zero-order valence-electron chi connectivity index (χ0n) is 15.4. The number of thiocarbonyl (C=S) groups is 1. The summed E-state index contributed by atoms with van der Waals surface area (Å²) in [6.07, 6.45) is 5.63. The Kier molecular flexibility index (Phi) is 6.28. The van der Waals surface area contributed by atoms with E-state index in [9.17, 15) is 0 Å². The summed E-state index contributed by atoms with van der Waals surface area (Å²) in [6.45, 7) is 4.42. The Morgan fingerprint density at radius 1 is 1.15 bits per heavy atom. The molecule has 1 atom stereocenters. The van der Waals surface area contributed by atoms with Gasteiger partial charge in [0.15, 0.2) is 16.7 Å². The van der Waals surface area contributed by atoms with Gasteiger partial charge in [-0.3, -0.25) is 0 Å². The minimum Gasteiger partial charge on any atom is -0.493 e. The number of methoxy groups -OCH3 is 1. The van der Waals surface area contributed by atoms with Crippen LogP contribution in [0.15, 0.2) is 42.6 Å². The predicted octanol–water partition coefficient (Wildman–Crippen LogP) is 4.13. The lowest BCUT2D eigenvalue weighted by atomic mass is 10.1. The summed E-state index contributed by atoms with van der Waals surface area (Å²) in [5.74, 6) is 1.27. The molecule has 1 aliphatic rings. The topological polar surface area (TPSA) is 49.4 Å². The summed E-state index contributed by atoms with van der Waals surface area (Å²) in [6, 6.07) is 12.5. The standard InChI is InChI=1S/C20H26N4OS/c1-15(22-20(26)23-19-18(25-2)7-6-12-21-19)16-8-10-17(11-9-16)24-13-4-3-5-14-24/h6-12,15H,3-5,13-14H2,1-2H3,(H2,21,22,23,26)/t15-/m0/s1. The minimum absolute atomic E-state index is 0.0973. The third-order valence-electron chi connectivity index (χ3n) is 4.68. The molecule has 0 unspecified atom stereocenters. The van der Waals surface area contributed by atoms with Crippen LogP contribution in [-0.4, -0.2) is 30.3 Å². The number of nitrogens with one attached hydrogen (secondary N) is 2. The number of hydrogen-bond acceptors (Lipinski definition) is 4. The van der Waals surface area contributed by atoms with Gasteiger partial charge in [-0.15, -0.1) is 0 Å². The van der Waals surface area contributed by atoms with Crippen molar-refractivity contribution < 1.29 is 4.74 Å². The van der Waals surface area contributed by atoms with E-state index in [1.807, 2.05) is 12.1 Å². The number of benzene rings is 1. The molecule has 2 aromatic rings. The Labute approximate surface area is 160 Å². The van der Waals surface area contributed by atoms with Crippen molar-refractivity contribution in [3.63, 3.8) is 0 Å². The summed E-state index contributed by atoms with van der Waals surface area (Å²) in [7, 11) is 1.62. The second-order valence-electron chi connectivity index (χ2n) is 6.51. The van der Waals surface area contributed by atoms with Crippen LogP contribution >= 0.6 is 12.2 Å². The van der Waals surface area contributed by atoms with E-state index in [-0.39, 0.29) is 6.04 Å². The molecule has 2 N–H and O–H groups in total. The van der Waals surface area contributed by atoms with Crippen LogP contribution in [0.4, 0.5) is 11.5 Å². The van der Waals surface area contributed by atoms with Gasteiger partial charge < -0.3 is 20.3 Å². The van der Waals surface area contributed by atoms with E-state index in [1.54, 1.807) is 13.3 Å². The second kappa shape index (κ2) is 8.85. The van der Waals surface area contributed by atoms with E-state index in [0.29, 0.717) is 16.7 Å². The normalized spacial score (nSPS) is 15.2. The monoisotopic (exact) mass is 370 g/mol. The van der Waals surface area contributed by atoms with Crippen LogP contribution in [0.3, 0.4) is 0 Å². The van der Waals surface area contributed by atoms with E-state index in [4.69, 9.17) is 17.0 Å². The van der Waals surface area contributed by atoms with Gasteiger partial charge in [-0.1, -0.05) is 12.1 Å². The lowest BCUT2D eigenvalue weighted by Gasteiger charge is -2.29. The van der Waals surface area contributed by atoms with E-state index in [1.165, 1.54) is 30.5 Å². The Morgan fingerprint density at radius 3 is 2.58 bits per heavy atom. The summed E-state index contributed by atoms with van der Waals surface area (Å²) in [5, 5.41) is 6.93. The Bertz CT molecular complexity index is 729. The number of nitrogens with zero attached hydrogens (tertiary/aromatic N) is 2. The van der Waals surface area contributed by atoms with Crippen molar-refractivity contribution in [1.82, 2.24) is 10.3 Å². The summed E-state index contributed by atoms with van der Waals surface area (Å²) >= 11 is 5.42. The van der Waals surface area contributed by atoms with Crippen LogP contribution in [0.2, 0.25) is 0 Å². The third-order valence-corrected chi connectivity index (χ3v) is 4.90. The molecule has 1 fully saturated rings. The smallest absolute Gasteiger partial charge is 0.174 e. The fourth-order valence-electron chi connectivity index (χ4n) is 3.20. The quantitative estimate of drug-likeness (QED) is 0.772. The van der Waals surface area contributed by atoms with Crippen LogP contribution in [0, 0.1) is 0 Å². The van der Waals surface area contributed by atoms with Gasteiger partial charge in [0.25, 0.3) is 0 Å². The number of piperidine rings is 1. The molecular formula is C20H26N4OS. The highest BCUT2D eigenvalue weighted by Crippen LogP contribution is 2.23. The number of ether oxygens (including phenoxy) is 1. The fourth-order valence-corrected chi connectivity index (χ4v) is 3.47. The average Bonchev–Trinajstić information content (AvgIpc) is 2.69. The second-order valence-corrected chi connectivity index (χ2v) is 6.92. The zero-order chi connectivity index (χ0) is 18.4. The molecule has 0 spiro atoms. The average molecular weight is 371 g/mol. The summed E-state index contributed by atoms with van der Waals surface area (Å²) < 4.78 is 5.29. The highest BCUT2D eigenvalue weighted by atomic mass is 32.1. The zero-order valence-corrected chi connectivity index (χ0v) is 16.2. The first kappa shape index (κ1) is 18.5. The van der Waals surface area contributed by atoms with Crippen molar-refractivity contribution in [2.75, 3.05) is 30.4 Å². The van der Waals surface area contributed by atoms with Crippen LogP contribution in [0.5, 0.6) is 5.75 Å². The molecule has 0 aliphatic carbocycles. The SMILES string of the molecule is COc1cccnc1NC(=S)N[C@@H](C)c1ccc(N2CCCCC2)cc1. The number of aromatic nitrogens is 1. The number of rotatable bonds is 5. The number of pyridine rings is 1. The van der Waals surface area contributed by atoms with E-state index >= 15 is 0 Å². The fraction of sp³-hybridized carbons (Fsp3) is 0.400. The molecule has 6 heteroatoms. The molecule has 1 aromatic heterocycles. The van der Waals surface area contributed by atoms with Crippen LogP contribution in [0.1, 0.15) is 37.8 Å².